The predicted octanol–water partition coefficient (Wildman–Crippen LogP) is 2.27. The van der Waals surface area contributed by atoms with Crippen LogP contribution in [0.4, 0.5) is 0 Å². The molecule has 0 spiro atoms. The summed E-state index contributed by atoms with van der Waals surface area (Å²) < 4.78 is 0. The van der Waals surface area contributed by atoms with E-state index in [0.717, 1.165) is 25.3 Å². The molecule has 0 aromatic carbocycles. The van der Waals surface area contributed by atoms with Crippen molar-refractivity contribution in [3.63, 3.8) is 0 Å². The van der Waals surface area contributed by atoms with Gasteiger partial charge in [-0.15, -0.1) is 0 Å². The van der Waals surface area contributed by atoms with Gasteiger partial charge in [0.15, 0.2) is 0 Å². The van der Waals surface area contributed by atoms with Crippen LogP contribution < -0.4 is 0 Å². The Morgan fingerprint density at radius 3 is 2.36 bits per heavy atom. The van der Waals surface area contributed by atoms with Gasteiger partial charge in [-0.3, -0.25) is 0 Å². The van der Waals surface area contributed by atoms with Gasteiger partial charge in [-0.25, -0.2) is 0 Å². The number of nitrogens with zero attached hydrogens (tertiary/aromatic N) is 1. The Labute approximate surface area is 88.3 Å². The van der Waals surface area contributed by atoms with Crippen molar-refractivity contribution in [3.8, 4) is 0 Å². The molecule has 0 aromatic rings. The van der Waals surface area contributed by atoms with E-state index in [4.69, 9.17) is 0 Å². The van der Waals surface area contributed by atoms with Gasteiger partial charge < -0.3 is 10.0 Å². The SMILES string of the molecule is CC(O)CCCN(CC1CC1)C(C)C. The maximum absolute atomic E-state index is 9.18. The lowest BCUT2D eigenvalue weighted by atomic mass is 10.2. The molecule has 1 atom stereocenters. The molecule has 14 heavy (non-hydrogen) atoms. The van der Waals surface area contributed by atoms with Crippen LogP contribution in [-0.2, 0) is 0 Å². The second-order valence-electron chi connectivity index (χ2n) is 5.02. The van der Waals surface area contributed by atoms with E-state index in [1.807, 2.05) is 6.92 Å². The van der Waals surface area contributed by atoms with E-state index in [-0.39, 0.29) is 6.10 Å². The van der Waals surface area contributed by atoms with Crippen LogP contribution in [0.1, 0.15) is 46.5 Å². The molecule has 0 aromatic heterocycles. The maximum atomic E-state index is 9.18. The summed E-state index contributed by atoms with van der Waals surface area (Å²) in [5.74, 6) is 0.976. The van der Waals surface area contributed by atoms with E-state index >= 15 is 0 Å². The molecular formula is C12H25NO. The molecule has 1 rings (SSSR count). The van der Waals surface area contributed by atoms with Gasteiger partial charge in [-0.1, -0.05) is 0 Å². The second-order valence-corrected chi connectivity index (χ2v) is 5.02. The summed E-state index contributed by atoms with van der Waals surface area (Å²) in [6.07, 6.45) is 4.79. The van der Waals surface area contributed by atoms with E-state index in [9.17, 15) is 5.11 Å². The van der Waals surface area contributed by atoms with Crippen molar-refractivity contribution >= 4 is 0 Å². The fourth-order valence-corrected chi connectivity index (χ4v) is 1.78. The van der Waals surface area contributed by atoms with Crippen molar-refractivity contribution in [1.29, 1.82) is 0 Å². The first-order valence-corrected chi connectivity index (χ1v) is 6.01. The fourth-order valence-electron chi connectivity index (χ4n) is 1.78. The van der Waals surface area contributed by atoms with Crippen LogP contribution in [-0.4, -0.2) is 35.2 Å². The lowest BCUT2D eigenvalue weighted by Crippen LogP contribution is -2.34. The standard InChI is InChI=1S/C12H25NO/c1-10(2)13(9-12-6-7-12)8-4-5-11(3)14/h10-12,14H,4-9H2,1-3H3. The normalized spacial score (nSPS) is 19.3. The van der Waals surface area contributed by atoms with Crippen LogP contribution >= 0.6 is 0 Å². The van der Waals surface area contributed by atoms with E-state index in [2.05, 4.69) is 18.7 Å². The summed E-state index contributed by atoms with van der Waals surface area (Å²) in [5, 5.41) is 9.18. The molecule has 1 unspecified atom stereocenters. The molecule has 1 aliphatic rings. The third-order valence-electron chi connectivity index (χ3n) is 2.99. The van der Waals surface area contributed by atoms with E-state index < -0.39 is 0 Å². The highest BCUT2D eigenvalue weighted by atomic mass is 16.3. The predicted molar refractivity (Wildman–Crippen MR) is 60.3 cm³/mol. The molecule has 0 heterocycles. The number of hydrogen-bond acceptors (Lipinski definition) is 2. The summed E-state index contributed by atoms with van der Waals surface area (Å²) in [5.41, 5.74) is 0. The van der Waals surface area contributed by atoms with E-state index in [1.165, 1.54) is 19.4 Å². The topological polar surface area (TPSA) is 23.5 Å². The average molecular weight is 199 g/mol. The number of rotatable bonds is 7. The van der Waals surface area contributed by atoms with Gasteiger partial charge in [0, 0.05) is 12.6 Å². The third-order valence-corrected chi connectivity index (χ3v) is 2.99. The fraction of sp³-hybridized carbons (Fsp3) is 1.00. The first-order chi connectivity index (χ1) is 6.59. The minimum absolute atomic E-state index is 0.134. The first kappa shape index (κ1) is 12.0. The molecule has 1 N–H and O–H groups in total. The van der Waals surface area contributed by atoms with Crippen LogP contribution in [0, 0.1) is 5.92 Å². The molecule has 0 radical (unpaired) electrons. The molecule has 0 amide bonds. The zero-order valence-electron chi connectivity index (χ0n) is 9.87. The number of aliphatic hydroxyl groups is 1. The first-order valence-electron chi connectivity index (χ1n) is 6.01. The van der Waals surface area contributed by atoms with Crippen LogP contribution in [0.3, 0.4) is 0 Å². The van der Waals surface area contributed by atoms with Gasteiger partial charge in [0.05, 0.1) is 6.10 Å². The van der Waals surface area contributed by atoms with Crippen LogP contribution in [0.5, 0.6) is 0 Å². The second kappa shape index (κ2) is 5.72. The molecule has 2 heteroatoms. The zero-order chi connectivity index (χ0) is 10.6. The van der Waals surface area contributed by atoms with E-state index in [1.54, 1.807) is 0 Å². The Balaban J connectivity index is 2.13. The summed E-state index contributed by atoms with van der Waals surface area (Å²) in [6, 6.07) is 0.657. The van der Waals surface area contributed by atoms with Crippen LogP contribution in [0.2, 0.25) is 0 Å². The third kappa shape index (κ3) is 4.97. The highest BCUT2D eigenvalue weighted by Gasteiger charge is 2.24. The summed E-state index contributed by atoms with van der Waals surface area (Å²) in [7, 11) is 0. The van der Waals surface area contributed by atoms with Gasteiger partial charge in [0.2, 0.25) is 0 Å². The molecule has 84 valence electrons. The Kier molecular flexibility index (Phi) is 4.90. The van der Waals surface area contributed by atoms with Gasteiger partial charge in [-0.05, 0) is 58.9 Å². The van der Waals surface area contributed by atoms with Gasteiger partial charge in [0.25, 0.3) is 0 Å². The largest absolute Gasteiger partial charge is 0.393 e. The average Bonchev–Trinajstić information content (AvgIpc) is 2.85. The summed E-state index contributed by atoms with van der Waals surface area (Å²) in [4.78, 5) is 2.56. The highest BCUT2D eigenvalue weighted by molar-refractivity contribution is 4.78. The van der Waals surface area contributed by atoms with Gasteiger partial charge >= 0.3 is 0 Å². The Bertz CT molecular complexity index is 152. The van der Waals surface area contributed by atoms with Crippen molar-refractivity contribution in [2.75, 3.05) is 13.1 Å². The van der Waals surface area contributed by atoms with Crippen molar-refractivity contribution in [2.45, 2.75) is 58.6 Å². The molecule has 1 saturated carbocycles. The Morgan fingerprint density at radius 1 is 1.29 bits per heavy atom. The van der Waals surface area contributed by atoms with Gasteiger partial charge in [-0.2, -0.15) is 0 Å². The monoisotopic (exact) mass is 199 g/mol. The number of hydrogen-bond donors (Lipinski definition) is 1. The molecule has 0 saturated heterocycles. The lowest BCUT2D eigenvalue weighted by Gasteiger charge is -2.26. The van der Waals surface area contributed by atoms with E-state index in [0.29, 0.717) is 6.04 Å². The molecule has 0 bridgehead atoms. The van der Waals surface area contributed by atoms with Crippen LogP contribution in [0.25, 0.3) is 0 Å². The zero-order valence-corrected chi connectivity index (χ0v) is 9.87. The minimum Gasteiger partial charge on any atom is -0.393 e. The summed E-state index contributed by atoms with van der Waals surface area (Å²) >= 11 is 0. The smallest absolute Gasteiger partial charge is 0.0512 e. The van der Waals surface area contributed by atoms with Gasteiger partial charge in [0.1, 0.15) is 0 Å². The molecule has 2 nitrogen and oxygen atoms in total. The Morgan fingerprint density at radius 2 is 1.93 bits per heavy atom. The molecular weight excluding hydrogens is 174 g/mol. The van der Waals surface area contributed by atoms with Crippen molar-refractivity contribution in [2.24, 2.45) is 5.92 Å². The van der Waals surface area contributed by atoms with Crippen molar-refractivity contribution in [3.05, 3.63) is 0 Å². The summed E-state index contributed by atoms with van der Waals surface area (Å²) in [6.45, 7) is 8.84. The Hall–Kier alpha value is -0.0800. The molecule has 1 fully saturated rings. The lowest BCUT2D eigenvalue weighted by molar-refractivity contribution is 0.159. The highest BCUT2D eigenvalue weighted by Crippen LogP contribution is 2.30. The maximum Gasteiger partial charge on any atom is 0.0512 e. The van der Waals surface area contributed by atoms with Crippen molar-refractivity contribution in [1.82, 2.24) is 4.90 Å². The quantitative estimate of drug-likeness (QED) is 0.680. The number of aliphatic hydroxyl groups excluding tert-OH is 1. The van der Waals surface area contributed by atoms with Crippen molar-refractivity contribution < 1.29 is 5.11 Å². The molecule has 0 aliphatic heterocycles. The minimum atomic E-state index is -0.134. The molecule has 1 aliphatic carbocycles. The van der Waals surface area contributed by atoms with Crippen LogP contribution in [0.15, 0.2) is 0 Å².